The Bertz CT molecular complexity index is 1310. The smallest absolute Gasteiger partial charge is 0.451 e. The number of amides is 1. The van der Waals surface area contributed by atoms with E-state index in [4.69, 9.17) is 4.42 Å². The normalized spacial score (nSPS) is 11.6. The number of aromatic nitrogens is 3. The Morgan fingerprint density at radius 1 is 1.10 bits per heavy atom. The topological polar surface area (TPSA) is 101 Å². The van der Waals surface area contributed by atoms with Crippen LogP contribution in [-0.4, -0.2) is 21.1 Å². The summed E-state index contributed by atoms with van der Waals surface area (Å²) in [6, 6.07) is 13.3. The molecule has 0 aliphatic heterocycles. The highest BCUT2D eigenvalue weighted by Gasteiger charge is 2.35. The van der Waals surface area contributed by atoms with Gasteiger partial charge < -0.3 is 4.42 Å². The summed E-state index contributed by atoms with van der Waals surface area (Å²) in [6.07, 6.45) is -4.73. The summed E-state index contributed by atoms with van der Waals surface area (Å²) >= 11 is 0. The van der Waals surface area contributed by atoms with Gasteiger partial charge in [-0.25, -0.2) is 0 Å². The van der Waals surface area contributed by atoms with E-state index in [0.29, 0.717) is 16.9 Å². The Morgan fingerprint density at radius 2 is 1.83 bits per heavy atom. The Morgan fingerprint density at radius 3 is 2.50 bits per heavy atom. The number of rotatable bonds is 3. The highest BCUT2D eigenvalue weighted by molar-refractivity contribution is 6.10. The molecule has 2 aromatic heterocycles. The van der Waals surface area contributed by atoms with Crippen LogP contribution in [0.15, 0.2) is 57.7 Å². The molecule has 0 radical (unpaired) electrons. The van der Waals surface area contributed by atoms with Crippen molar-refractivity contribution in [3.8, 4) is 11.3 Å². The van der Waals surface area contributed by atoms with Gasteiger partial charge in [0.1, 0.15) is 5.76 Å². The van der Waals surface area contributed by atoms with Gasteiger partial charge in [-0.2, -0.15) is 18.2 Å². The summed E-state index contributed by atoms with van der Waals surface area (Å²) in [5.41, 5.74) is 0.668. The molecule has 0 bridgehead atoms. The number of fused-ring (bicyclic) bond motifs is 1. The zero-order valence-corrected chi connectivity index (χ0v) is 15.4. The maximum atomic E-state index is 12.8. The van der Waals surface area contributed by atoms with Crippen molar-refractivity contribution in [2.24, 2.45) is 0 Å². The molecule has 0 saturated carbocycles. The molecule has 0 aliphatic rings. The van der Waals surface area contributed by atoms with Gasteiger partial charge in [0.25, 0.3) is 5.91 Å². The minimum Gasteiger partial charge on any atom is -0.455 e. The third-order valence-corrected chi connectivity index (χ3v) is 4.40. The van der Waals surface area contributed by atoms with Crippen LogP contribution in [0.2, 0.25) is 0 Å². The quantitative estimate of drug-likeness (QED) is 0.524. The molecule has 0 fully saturated rings. The number of alkyl halides is 3. The second-order valence-electron chi connectivity index (χ2n) is 6.39. The van der Waals surface area contributed by atoms with Crippen LogP contribution in [-0.2, 0) is 6.18 Å². The first-order valence-corrected chi connectivity index (χ1v) is 8.68. The first-order chi connectivity index (χ1) is 14.3. The van der Waals surface area contributed by atoms with E-state index in [1.165, 1.54) is 18.2 Å². The summed E-state index contributed by atoms with van der Waals surface area (Å²) < 4.78 is 43.9. The molecule has 30 heavy (non-hydrogen) atoms. The van der Waals surface area contributed by atoms with E-state index in [2.05, 4.69) is 15.4 Å². The van der Waals surface area contributed by atoms with Crippen LogP contribution in [0.3, 0.4) is 0 Å². The molecule has 0 atom stereocenters. The van der Waals surface area contributed by atoms with E-state index in [1.807, 2.05) is 6.07 Å². The number of aromatic amines is 1. The van der Waals surface area contributed by atoms with Crippen molar-refractivity contribution in [1.29, 1.82) is 0 Å². The average Bonchev–Trinajstić information content (AvgIpc) is 3.20. The van der Waals surface area contributed by atoms with E-state index in [0.717, 1.165) is 0 Å². The van der Waals surface area contributed by atoms with Gasteiger partial charge in [0, 0.05) is 11.1 Å². The largest absolute Gasteiger partial charge is 0.455 e. The van der Waals surface area contributed by atoms with Crippen molar-refractivity contribution in [3.05, 3.63) is 75.7 Å². The number of carbonyl (C=O) groups is 1. The van der Waals surface area contributed by atoms with Crippen molar-refractivity contribution in [2.45, 2.75) is 13.1 Å². The third-order valence-electron chi connectivity index (χ3n) is 4.40. The number of anilines is 1. The number of hydrogen-bond acceptors (Lipinski definition) is 5. The summed E-state index contributed by atoms with van der Waals surface area (Å²) in [6.45, 7) is 1.62. The maximum Gasteiger partial charge on any atom is 0.451 e. The van der Waals surface area contributed by atoms with Crippen molar-refractivity contribution in [3.63, 3.8) is 0 Å². The van der Waals surface area contributed by atoms with E-state index in [-0.39, 0.29) is 22.0 Å². The summed E-state index contributed by atoms with van der Waals surface area (Å²) in [5, 5.41) is 7.41. The predicted molar refractivity (Wildman–Crippen MR) is 102 cm³/mol. The molecule has 4 rings (SSSR count). The standard InChI is InChI=1S/C20H13F3N4O3/c1-10-14(28)12-8-5-9-13(16(12)30-15(10)11-6-3-2-4-7-11)17(29)24-19-25-18(26-27-19)20(21,22)23/h2-9H,1H3,(H2,24,25,26,27,29). The highest BCUT2D eigenvalue weighted by Crippen LogP contribution is 2.28. The van der Waals surface area contributed by atoms with E-state index in [1.54, 1.807) is 36.3 Å². The van der Waals surface area contributed by atoms with Crippen molar-refractivity contribution in [1.82, 2.24) is 15.2 Å². The van der Waals surface area contributed by atoms with Crippen LogP contribution in [0, 0.1) is 6.92 Å². The lowest BCUT2D eigenvalue weighted by atomic mass is 10.0. The molecule has 1 amide bonds. The van der Waals surface area contributed by atoms with E-state index >= 15 is 0 Å². The van der Waals surface area contributed by atoms with Crippen molar-refractivity contribution < 1.29 is 22.4 Å². The second kappa shape index (κ2) is 7.14. The number of nitrogens with one attached hydrogen (secondary N) is 2. The van der Waals surface area contributed by atoms with Gasteiger partial charge in [0.15, 0.2) is 11.0 Å². The van der Waals surface area contributed by atoms with Crippen LogP contribution < -0.4 is 10.7 Å². The Labute approximate surface area is 166 Å². The lowest BCUT2D eigenvalue weighted by Gasteiger charge is -2.10. The number of hydrogen-bond donors (Lipinski definition) is 2. The number of nitrogens with zero attached hydrogens (tertiary/aromatic N) is 2. The molecule has 152 valence electrons. The Balaban J connectivity index is 1.79. The van der Waals surface area contributed by atoms with Crippen LogP contribution in [0.25, 0.3) is 22.3 Å². The number of benzene rings is 2. The number of halogens is 3. The molecule has 2 heterocycles. The summed E-state index contributed by atoms with van der Waals surface area (Å²) in [7, 11) is 0. The van der Waals surface area contributed by atoms with Crippen molar-refractivity contribution in [2.75, 3.05) is 5.32 Å². The van der Waals surface area contributed by atoms with Crippen LogP contribution in [0.1, 0.15) is 21.7 Å². The molecule has 0 aliphatic carbocycles. The average molecular weight is 414 g/mol. The second-order valence-corrected chi connectivity index (χ2v) is 6.39. The molecule has 0 unspecified atom stereocenters. The Hall–Kier alpha value is -3.95. The van der Waals surface area contributed by atoms with Crippen LogP contribution in [0.5, 0.6) is 0 Å². The molecule has 2 aromatic carbocycles. The van der Waals surface area contributed by atoms with Crippen molar-refractivity contribution >= 4 is 22.8 Å². The molecule has 0 saturated heterocycles. The molecular formula is C20H13F3N4O3. The number of para-hydroxylation sites is 1. The van der Waals surface area contributed by atoms with Gasteiger partial charge in [-0.15, -0.1) is 5.10 Å². The number of carbonyl (C=O) groups excluding carboxylic acids is 1. The zero-order chi connectivity index (χ0) is 21.5. The van der Waals surface area contributed by atoms with Gasteiger partial charge in [0.05, 0.1) is 10.9 Å². The summed E-state index contributed by atoms with van der Waals surface area (Å²) in [5.74, 6) is -2.42. The minimum atomic E-state index is -4.73. The minimum absolute atomic E-state index is 0.0102. The fraction of sp³-hybridized carbons (Fsp3) is 0.100. The molecule has 7 nitrogen and oxygen atoms in total. The van der Waals surface area contributed by atoms with Gasteiger partial charge in [-0.1, -0.05) is 36.4 Å². The number of H-pyrrole nitrogens is 1. The predicted octanol–water partition coefficient (Wildman–Crippen LogP) is 4.16. The first-order valence-electron chi connectivity index (χ1n) is 8.68. The fourth-order valence-electron chi connectivity index (χ4n) is 2.97. The van der Waals surface area contributed by atoms with Gasteiger partial charge in [-0.05, 0) is 19.1 Å². The van der Waals surface area contributed by atoms with Gasteiger partial charge in [-0.3, -0.25) is 20.0 Å². The third kappa shape index (κ3) is 3.43. The maximum absolute atomic E-state index is 12.8. The zero-order valence-electron chi connectivity index (χ0n) is 15.4. The van der Waals surface area contributed by atoms with E-state index in [9.17, 15) is 22.8 Å². The van der Waals surface area contributed by atoms with Gasteiger partial charge >= 0.3 is 6.18 Å². The molecule has 4 aromatic rings. The highest BCUT2D eigenvalue weighted by atomic mass is 19.4. The summed E-state index contributed by atoms with van der Waals surface area (Å²) in [4.78, 5) is 28.7. The first kappa shape index (κ1) is 19.4. The molecule has 10 heteroatoms. The lowest BCUT2D eigenvalue weighted by molar-refractivity contribution is -0.144. The molecule has 2 N–H and O–H groups in total. The lowest BCUT2D eigenvalue weighted by Crippen LogP contribution is -2.16. The van der Waals surface area contributed by atoms with E-state index < -0.39 is 23.9 Å². The van der Waals surface area contributed by atoms with Crippen LogP contribution in [0.4, 0.5) is 19.1 Å². The van der Waals surface area contributed by atoms with Crippen LogP contribution >= 0.6 is 0 Å². The molecule has 0 spiro atoms. The Kier molecular flexibility index (Phi) is 4.61. The molecular weight excluding hydrogens is 401 g/mol. The fourth-order valence-corrected chi connectivity index (χ4v) is 2.97. The SMILES string of the molecule is Cc1c(-c2ccccc2)oc2c(C(=O)Nc3n[nH]c(C(F)(F)F)n3)cccc2c1=O. The monoisotopic (exact) mass is 414 g/mol. The van der Waals surface area contributed by atoms with Gasteiger partial charge in [0.2, 0.25) is 11.8 Å².